The fourth-order valence-electron chi connectivity index (χ4n) is 3.29. The molecule has 3 aromatic rings. The molecule has 0 spiro atoms. The lowest BCUT2D eigenvalue weighted by Gasteiger charge is -2.17. The first-order chi connectivity index (χ1) is 17.0. The highest BCUT2D eigenvalue weighted by Gasteiger charge is 2.33. The van der Waals surface area contributed by atoms with E-state index < -0.39 is 17.6 Å². The Hall–Kier alpha value is -4.18. The van der Waals surface area contributed by atoms with Crippen LogP contribution < -0.4 is 15.4 Å². The van der Waals surface area contributed by atoms with Crippen molar-refractivity contribution in [2.75, 3.05) is 24.7 Å². The predicted molar refractivity (Wildman–Crippen MR) is 132 cm³/mol. The van der Waals surface area contributed by atoms with Gasteiger partial charge in [0.2, 0.25) is 11.8 Å². The molecule has 0 unspecified atom stereocenters. The number of anilines is 2. The average molecular weight is 499 g/mol. The number of pyridine rings is 1. The molecule has 2 N–H and O–H groups in total. The summed E-state index contributed by atoms with van der Waals surface area (Å²) in [5.41, 5.74) is 0.0113. The summed E-state index contributed by atoms with van der Waals surface area (Å²) in [5.74, 6) is 0.430. The minimum absolute atomic E-state index is 0.0456. The molecule has 0 fully saturated rings. The summed E-state index contributed by atoms with van der Waals surface area (Å²) in [6, 6.07) is 13.8. The van der Waals surface area contributed by atoms with E-state index in [-0.39, 0.29) is 23.7 Å². The van der Waals surface area contributed by atoms with Crippen LogP contribution in [0.3, 0.4) is 0 Å². The second-order valence-corrected chi connectivity index (χ2v) is 8.16. The second kappa shape index (κ2) is 11.5. The first kappa shape index (κ1) is 26.4. The number of hydrogen-bond acceptors (Lipinski definition) is 5. The van der Waals surface area contributed by atoms with E-state index in [1.807, 2.05) is 0 Å². The van der Waals surface area contributed by atoms with Crippen molar-refractivity contribution in [3.63, 3.8) is 0 Å². The fourth-order valence-corrected chi connectivity index (χ4v) is 3.29. The maximum atomic E-state index is 13.5. The summed E-state index contributed by atoms with van der Waals surface area (Å²) in [6.07, 6.45) is -0.310. The van der Waals surface area contributed by atoms with Gasteiger partial charge in [0.1, 0.15) is 17.3 Å². The number of ether oxygens (including phenoxy) is 1. The minimum Gasteiger partial charge on any atom is -0.457 e. The summed E-state index contributed by atoms with van der Waals surface area (Å²) in [7, 11) is 3.36. The highest BCUT2D eigenvalue weighted by Crippen LogP contribution is 2.34. The van der Waals surface area contributed by atoms with Crippen molar-refractivity contribution >= 4 is 29.4 Å². The molecule has 0 radical (unpaired) electrons. The van der Waals surface area contributed by atoms with Gasteiger partial charge in [-0.05, 0) is 61.6 Å². The molecule has 0 aliphatic carbocycles. The molecule has 7 nitrogen and oxygen atoms in total. The molecule has 188 valence electrons. The van der Waals surface area contributed by atoms with Crippen LogP contribution in [-0.2, 0) is 22.3 Å². The number of rotatable bonds is 8. The quantitative estimate of drug-likeness (QED) is 0.397. The van der Waals surface area contributed by atoms with Gasteiger partial charge in [0.05, 0.1) is 5.56 Å². The fraction of sp³-hybridized carbons (Fsp3) is 0.192. The molecule has 0 atom stereocenters. The van der Waals surface area contributed by atoms with Gasteiger partial charge in [-0.3, -0.25) is 9.59 Å². The highest BCUT2D eigenvalue weighted by atomic mass is 19.4. The molecule has 0 saturated carbocycles. The standard InChI is InChI=1S/C26H25F3N4O3/c1-17(34)31-24-15-22(11-12-30-24)36-21-6-4-5-18(13-21)7-10-25(35)32-20-9-8-19(16-33(2)3)23(14-20)26(27,28)29/h4-15H,16H2,1-3H3,(H,32,35)(H,30,31,34). The molecule has 0 saturated heterocycles. The molecule has 1 aromatic heterocycles. The lowest BCUT2D eigenvalue weighted by molar-refractivity contribution is -0.138. The molecule has 3 rings (SSSR count). The van der Waals surface area contributed by atoms with Gasteiger partial charge in [0.25, 0.3) is 0 Å². The van der Waals surface area contributed by atoms with E-state index in [0.717, 1.165) is 6.07 Å². The number of nitrogens with one attached hydrogen (secondary N) is 2. The van der Waals surface area contributed by atoms with E-state index in [2.05, 4.69) is 15.6 Å². The van der Waals surface area contributed by atoms with Crippen LogP contribution in [0.4, 0.5) is 24.7 Å². The van der Waals surface area contributed by atoms with Gasteiger partial charge in [-0.15, -0.1) is 0 Å². The zero-order valence-corrected chi connectivity index (χ0v) is 19.9. The van der Waals surface area contributed by atoms with Crippen LogP contribution in [0.1, 0.15) is 23.6 Å². The molecule has 36 heavy (non-hydrogen) atoms. The van der Waals surface area contributed by atoms with E-state index in [9.17, 15) is 22.8 Å². The molecule has 10 heteroatoms. The Morgan fingerprint density at radius 1 is 1.03 bits per heavy atom. The molecule has 0 aliphatic rings. The number of amides is 2. The normalized spacial score (nSPS) is 11.5. The van der Waals surface area contributed by atoms with Crippen molar-refractivity contribution in [1.29, 1.82) is 0 Å². The smallest absolute Gasteiger partial charge is 0.416 e. The largest absolute Gasteiger partial charge is 0.457 e. The number of nitrogens with zero attached hydrogens (tertiary/aromatic N) is 2. The molecule has 2 amide bonds. The van der Waals surface area contributed by atoms with Gasteiger partial charge in [-0.25, -0.2) is 4.98 Å². The zero-order chi connectivity index (χ0) is 26.3. The first-order valence-corrected chi connectivity index (χ1v) is 10.8. The minimum atomic E-state index is -4.54. The monoisotopic (exact) mass is 498 g/mol. The number of alkyl halides is 3. The van der Waals surface area contributed by atoms with Crippen molar-refractivity contribution in [3.8, 4) is 11.5 Å². The van der Waals surface area contributed by atoms with E-state index in [1.54, 1.807) is 55.4 Å². The Morgan fingerprint density at radius 3 is 2.47 bits per heavy atom. The molecule has 2 aromatic carbocycles. The van der Waals surface area contributed by atoms with Gasteiger partial charge in [-0.2, -0.15) is 13.2 Å². The van der Waals surface area contributed by atoms with Crippen molar-refractivity contribution in [1.82, 2.24) is 9.88 Å². The van der Waals surface area contributed by atoms with Crippen LogP contribution in [0, 0.1) is 0 Å². The number of halogens is 3. The van der Waals surface area contributed by atoms with Crippen LogP contribution >= 0.6 is 0 Å². The Balaban J connectivity index is 1.69. The van der Waals surface area contributed by atoms with Crippen molar-refractivity contribution in [2.24, 2.45) is 0 Å². The molecule has 0 bridgehead atoms. The first-order valence-electron chi connectivity index (χ1n) is 10.8. The Bertz CT molecular complexity index is 1270. The number of carbonyl (C=O) groups excluding carboxylic acids is 2. The van der Waals surface area contributed by atoms with Gasteiger partial charge >= 0.3 is 6.18 Å². The SMILES string of the molecule is CC(=O)Nc1cc(Oc2cccc(C=CC(=O)Nc3ccc(CN(C)C)c(C(F)(F)F)c3)c2)ccn1. The topological polar surface area (TPSA) is 83.6 Å². The van der Waals surface area contributed by atoms with Gasteiger partial charge < -0.3 is 20.3 Å². The Kier molecular flexibility index (Phi) is 8.44. The summed E-state index contributed by atoms with van der Waals surface area (Å²) in [4.78, 5) is 29.2. The van der Waals surface area contributed by atoms with Crippen molar-refractivity contribution < 1.29 is 27.5 Å². The number of carbonyl (C=O) groups is 2. The van der Waals surface area contributed by atoms with Crippen molar-refractivity contribution in [3.05, 3.63) is 83.6 Å². The second-order valence-electron chi connectivity index (χ2n) is 8.16. The summed E-state index contributed by atoms with van der Waals surface area (Å²) >= 11 is 0. The van der Waals surface area contributed by atoms with E-state index in [4.69, 9.17) is 4.74 Å². The average Bonchev–Trinajstić information content (AvgIpc) is 2.78. The summed E-state index contributed by atoms with van der Waals surface area (Å²) < 4.78 is 46.2. The zero-order valence-electron chi connectivity index (χ0n) is 19.9. The van der Waals surface area contributed by atoms with Crippen LogP contribution in [0.2, 0.25) is 0 Å². The Morgan fingerprint density at radius 2 is 1.78 bits per heavy atom. The molecular formula is C26H25F3N4O3. The number of aromatic nitrogens is 1. The number of hydrogen-bond donors (Lipinski definition) is 2. The van der Waals surface area contributed by atoms with Gasteiger partial charge in [-0.1, -0.05) is 18.2 Å². The molecular weight excluding hydrogens is 473 g/mol. The van der Waals surface area contributed by atoms with Crippen LogP contribution in [0.25, 0.3) is 6.08 Å². The predicted octanol–water partition coefficient (Wildman–Crippen LogP) is 5.56. The third-order valence-corrected chi connectivity index (χ3v) is 4.73. The van der Waals surface area contributed by atoms with E-state index >= 15 is 0 Å². The Labute approximate surface area is 206 Å². The number of benzene rings is 2. The lowest BCUT2D eigenvalue weighted by atomic mass is 10.1. The van der Waals surface area contributed by atoms with E-state index in [0.29, 0.717) is 22.9 Å². The maximum Gasteiger partial charge on any atom is 0.416 e. The van der Waals surface area contributed by atoms with Gasteiger partial charge in [0.15, 0.2) is 0 Å². The van der Waals surface area contributed by atoms with Crippen molar-refractivity contribution in [2.45, 2.75) is 19.6 Å². The highest BCUT2D eigenvalue weighted by molar-refractivity contribution is 6.02. The third-order valence-electron chi connectivity index (χ3n) is 4.73. The van der Waals surface area contributed by atoms with Crippen LogP contribution in [-0.4, -0.2) is 35.8 Å². The third kappa shape index (κ3) is 7.95. The van der Waals surface area contributed by atoms with Crippen LogP contribution in [0.5, 0.6) is 11.5 Å². The summed E-state index contributed by atoms with van der Waals surface area (Å²) in [6.45, 7) is 1.49. The van der Waals surface area contributed by atoms with Gasteiger partial charge in [0, 0.05) is 37.5 Å². The van der Waals surface area contributed by atoms with E-state index in [1.165, 1.54) is 37.4 Å². The van der Waals surface area contributed by atoms with Crippen LogP contribution in [0.15, 0.2) is 66.9 Å². The maximum absolute atomic E-state index is 13.5. The lowest BCUT2D eigenvalue weighted by Crippen LogP contribution is -2.17. The molecule has 0 aliphatic heterocycles. The molecule has 1 heterocycles. The summed E-state index contributed by atoms with van der Waals surface area (Å²) in [5, 5.41) is 5.04.